The first kappa shape index (κ1) is 21.3. The first-order valence-corrected chi connectivity index (χ1v) is 10.4. The van der Waals surface area contributed by atoms with Crippen molar-refractivity contribution in [3.8, 4) is 11.1 Å². The lowest BCUT2D eigenvalue weighted by Crippen LogP contribution is -2.36. The lowest BCUT2D eigenvalue weighted by atomic mass is 9.98. The molecule has 7 heteroatoms. The van der Waals surface area contributed by atoms with E-state index in [4.69, 9.17) is 16.3 Å². The number of carbonyl (C=O) groups is 1. The molecule has 1 heterocycles. The minimum atomic E-state index is -1.22. The fourth-order valence-corrected chi connectivity index (χ4v) is 4.21. The number of aliphatic hydroxyl groups is 2. The van der Waals surface area contributed by atoms with Gasteiger partial charge in [-0.25, -0.2) is 9.78 Å². The second-order valence-corrected chi connectivity index (χ2v) is 7.97. The number of alkyl carbamates (subject to hydrolysis) is 1. The van der Waals surface area contributed by atoms with Crippen molar-refractivity contribution in [3.05, 3.63) is 88.2 Å². The average molecular weight is 439 g/mol. The summed E-state index contributed by atoms with van der Waals surface area (Å²) in [4.78, 5) is 16.2. The third-order valence-corrected chi connectivity index (χ3v) is 5.81. The molecular formula is C24H23ClN2O4. The lowest BCUT2D eigenvalue weighted by molar-refractivity contribution is 0.0180. The Balaban J connectivity index is 1.35. The number of aromatic nitrogens is 1. The first-order valence-electron chi connectivity index (χ1n) is 10.0. The summed E-state index contributed by atoms with van der Waals surface area (Å²) in [6.07, 6.45) is -1.67. The van der Waals surface area contributed by atoms with Crippen LogP contribution in [0.3, 0.4) is 0 Å². The number of nitrogens with zero attached hydrogens (tertiary/aromatic N) is 1. The number of pyridine rings is 1. The number of rotatable bonds is 6. The number of hydrogen-bond donors (Lipinski definition) is 3. The molecule has 1 aromatic heterocycles. The Morgan fingerprint density at radius 3 is 2.35 bits per heavy atom. The van der Waals surface area contributed by atoms with E-state index in [-0.39, 0.29) is 19.1 Å². The molecule has 0 spiro atoms. The van der Waals surface area contributed by atoms with Crippen molar-refractivity contribution in [1.82, 2.24) is 10.3 Å². The molecule has 0 saturated carbocycles. The van der Waals surface area contributed by atoms with Crippen molar-refractivity contribution in [3.63, 3.8) is 0 Å². The number of aryl methyl sites for hydroxylation is 1. The first-order chi connectivity index (χ1) is 15.0. The second-order valence-electron chi connectivity index (χ2n) is 7.58. The van der Waals surface area contributed by atoms with E-state index in [1.807, 2.05) is 36.4 Å². The number of halogens is 1. The SMILES string of the molecule is Cc1cc(Cl)ncc1C(O)C(O)CNC(=O)OCC1c2ccccc2-c2ccccc21. The highest BCUT2D eigenvalue weighted by Gasteiger charge is 2.29. The zero-order valence-electron chi connectivity index (χ0n) is 17.0. The molecule has 2 atom stereocenters. The number of fused-ring (bicyclic) bond motifs is 3. The van der Waals surface area contributed by atoms with E-state index < -0.39 is 18.3 Å². The Kier molecular flexibility index (Phi) is 6.23. The highest BCUT2D eigenvalue weighted by molar-refractivity contribution is 6.29. The summed E-state index contributed by atoms with van der Waals surface area (Å²) in [5.74, 6) is -0.0449. The van der Waals surface area contributed by atoms with Gasteiger partial charge in [-0.3, -0.25) is 0 Å². The fraction of sp³-hybridized carbons (Fsp3) is 0.250. The molecule has 160 valence electrons. The van der Waals surface area contributed by atoms with Crippen molar-refractivity contribution >= 4 is 17.7 Å². The third kappa shape index (κ3) is 4.42. The van der Waals surface area contributed by atoms with Crippen LogP contribution < -0.4 is 5.32 Å². The molecule has 0 aliphatic heterocycles. The minimum Gasteiger partial charge on any atom is -0.449 e. The molecule has 3 aromatic rings. The monoisotopic (exact) mass is 438 g/mol. The molecule has 0 bridgehead atoms. The van der Waals surface area contributed by atoms with E-state index in [1.54, 1.807) is 13.0 Å². The summed E-state index contributed by atoms with van der Waals surface area (Å²) in [6, 6.07) is 17.8. The summed E-state index contributed by atoms with van der Waals surface area (Å²) in [7, 11) is 0. The van der Waals surface area contributed by atoms with Gasteiger partial charge in [-0.15, -0.1) is 0 Å². The number of benzene rings is 2. The molecule has 1 aliphatic carbocycles. The quantitative estimate of drug-likeness (QED) is 0.506. The zero-order valence-corrected chi connectivity index (χ0v) is 17.7. The van der Waals surface area contributed by atoms with Crippen LogP contribution in [0.1, 0.15) is 34.3 Å². The number of amides is 1. The summed E-state index contributed by atoms with van der Waals surface area (Å²) in [5, 5.41) is 23.5. The topological polar surface area (TPSA) is 91.7 Å². The molecule has 1 aliphatic rings. The van der Waals surface area contributed by atoms with E-state index in [2.05, 4.69) is 22.4 Å². The van der Waals surface area contributed by atoms with Crippen LogP contribution in [0.5, 0.6) is 0 Å². The molecule has 4 rings (SSSR count). The van der Waals surface area contributed by atoms with Gasteiger partial charge in [-0.1, -0.05) is 60.1 Å². The van der Waals surface area contributed by atoms with Crippen LogP contribution in [-0.2, 0) is 4.74 Å². The number of hydrogen-bond acceptors (Lipinski definition) is 5. The standard InChI is InChI=1S/C24H23ClN2O4/c1-14-10-22(25)26-11-19(14)23(29)21(28)12-27-24(30)31-13-20-17-8-4-2-6-15(17)16-7-3-5-9-18(16)20/h2-11,20-21,23,28-29H,12-13H2,1H3,(H,27,30). The van der Waals surface area contributed by atoms with Crippen LogP contribution in [0.15, 0.2) is 60.8 Å². The predicted octanol–water partition coefficient (Wildman–Crippen LogP) is 3.98. The van der Waals surface area contributed by atoms with Crippen LogP contribution in [0.4, 0.5) is 4.79 Å². The third-order valence-electron chi connectivity index (χ3n) is 5.60. The van der Waals surface area contributed by atoms with Crippen molar-refractivity contribution < 1.29 is 19.7 Å². The van der Waals surface area contributed by atoms with Crippen LogP contribution in [-0.4, -0.2) is 40.5 Å². The smallest absolute Gasteiger partial charge is 0.407 e. The number of ether oxygens (including phenoxy) is 1. The molecule has 0 fully saturated rings. The maximum absolute atomic E-state index is 12.2. The Morgan fingerprint density at radius 2 is 1.74 bits per heavy atom. The Labute approximate surface area is 185 Å². The van der Waals surface area contributed by atoms with Gasteiger partial charge in [0, 0.05) is 24.2 Å². The second kappa shape index (κ2) is 9.06. The highest BCUT2D eigenvalue weighted by atomic mass is 35.5. The van der Waals surface area contributed by atoms with Gasteiger partial charge in [0.1, 0.15) is 24.0 Å². The maximum atomic E-state index is 12.2. The van der Waals surface area contributed by atoms with Gasteiger partial charge < -0.3 is 20.3 Å². The van der Waals surface area contributed by atoms with Crippen molar-refractivity contribution in [2.45, 2.75) is 25.0 Å². The molecule has 2 aromatic carbocycles. The largest absolute Gasteiger partial charge is 0.449 e. The number of nitrogens with one attached hydrogen (secondary N) is 1. The number of aliphatic hydroxyl groups excluding tert-OH is 2. The maximum Gasteiger partial charge on any atom is 0.407 e. The van der Waals surface area contributed by atoms with E-state index in [1.165, 1.54) is 6.20 Å². The van der Waals surface area contributed by atoms with Crippen molar-refractivity contribution in [2.24, 2.45) is 0 Å². The summed E-state index contributed by atoms with van der Waals surface area (Å²) in [6.45, 7) is 1.77. The van der Waals surface area contributed by atoms with Gasteiger partial charge in [0.2, 0.25) is 0 Å². The van der Waals surface area contributed by atoms with Crippen molar-refractivity contribution in [2.75, 3.05) is 13.2 Å². The van der Waals surface area contributed by atoms with Gasteiger partial charge in [-0.05, 0) is 40.8 Å². The van der Waals surface area contributed by atoms with Gasteiger partial charge in [-0.2, -0.15) is 0 Å². The predicted molar refractivity (Wildman–Crippen MR) is 118 cm³/mol. The molecule has 3 N–H and O–H groups in total. The van der Waals surface area contributed by atoms with Crippen LogP contribution >= 0.6 is 11.6 Å². The normalized spacial score (nSPS) is 14.5. The molecule has 2 unspecified atom stereocenters. The van der Waals surface area contributed by atoms with Gasteiger partial charge in [0.15, 0.2) is 0 Å². The summed E-state index contributed by atoms with van der Waals surface area (Å²) in [5.41, 5.74) is 5.70. The average Bonchev–Trinajstić information content (AvgIpc) is 3.09. The lowest BCUT2D eigenvalue weighted by Gasteiger charge is -2.20. The Bertz CT molecular complexity index is 1060. The Hall–Kier alpha value is -2.93. The van der Waals surface area contributed by atoms with Gasteiger partial charge in [0.05, 0.1) is 0 Å². The van der Waals surface area contributed by atoms with Gasteiger partial charge >= 0.3 is 6.09 Å². The molecule has 0 saturated heterocycles. The minimum absolute atomic E-state index is 0.0449. The van der Waals surface area contributed by atoms with E-state index in [0.29, 0.717) is 16.3 Å². The molecule has 31 heavy (non-hydrogen) atoms. The van der Waals surface area contributed by atoms with Crippen LogP contribution in [0.25, 0.3) is 11.1 Å². The van der Waals surface area contributed by atoms with Gasteiger partial charge in [0.25, 0.3) is 0 Å². The van der Waals surface area contributed by atoms with E-state index >= 15 is 0 Å². The molecule has 6 nitrogen and oxygen atoms in total. The summed E-state index contributed by atoms with van der Waals surface area (Å²) >= 11 is 5.83. The van der Waals surface area contributed by atoms with E-state index in [9.17, 15) is 15.0 Å². The highest BCUT2D eigenvalue weighted by Crippen LogP contribution is 2.44. The van der Waals surface area contributed by atoms with Crippen LogP contribution in [0, 0.1) is 6.92 Å². The molecule has 1 amide bonds. The molecule has 0 radical (unpaired) electrons. The van der Waals surface area contributed by atoms with Crippen molar-refractivity contribution in [1.29, 1.82) is 0 Å². The van der Waals surface area contributed by atoms with E-state index in [0.717, 1.165) is 22.3 Å². The Morgan fingerprint density at radius 1 is 1.13 bits per heavy atom. The fourth-order valence-electron chi connectivity index (χ4n) is 4.00. The summed E-state index contributed by atoms with van der Waals surface area (Å²) < 4.78 is 5.44. The zero-order chi connectivity index (χ0) is 22.0. The van der Waals surface area contributed by atoms with Crippen LogP contribution in [0.2, 0.25) is 5.15 Å². The molecular weight excluding hydrogens is 416 g/mol. The number of carbonyl (C=O) groups excluding carboxylic acids is 1.